The molecule has 1 aromatic carbocycles. The largest absolute Gasteiger partial charge is 0.350 e. The Labute approximate surface area is 92.6 Å². The van der Waals surface area contributed by atoms with Crippen molar-refractivity contribution in [3.05, 3.63) is 34.9 Å². The lowest BCUT2D eigenvalue weighted by molar-refractivity contribution is 0.0947. The van der Waals surface area contributed by atoms with Gasteiger partial charge in [-0.1, -0.05) is 0 Å². The molecule has 0 radical (unpaired) electrons. The van der Waals surface area contributed by atoms with Crippen LogP contribution in [0.25, 0.3) is 0 Å². The van der Waals surface area contributed by atoms with Crippen LogP contribution in [0.4, 0.5) is 8.78 Å². The van der Waals surface area contributed by atoms with Crippen molar-refractivity contribution >= 4 is 5.91 Å². The van der Waals surface area contributed by atoms with Gasteiger partial charge in [0.05, 0.1) is 5.56 Å². The molecule has 3 nitrogen and oxygen atoms in total. The Kier molecular flexibility index (Phi) is 3.95. The predicted molar refractivity (Wildman–Crippen MR) is 57.1 cm³/mol. The van der Waals surface area contributed by atoms with Gasteiger partial charge in [0.2, 0.25) is 0 Å². The Bertz CT molecular complexity index is 405. The van der Waals surface area contributed by atoms with Crippen molar-refractivity contribution in [2.24, 2.45) is 5.73 Å². The van der Waals surface area contributed by atoms with E-state index in [4.69, 9.17) is 5.73 Å². The highest BCUT2D eigenvalue weighted by Gasteiger charge is 2.14. The number of nitrogens with one attached hydrogen (secondary N) is 1. The highest BCUT2D eigenvalue weighted by atomic mass is 19.1. The molecular weight excluding hydrogens is 214 g/mol. The van der Waals surface area contributed by atoms with Gasteiger partial charge in [0.15, 0.2) is 0 Å². The van der Waals surface area contributed by atoms with Crippen molar-refractivity contribution in [1.82, 2.24) is 5.32 Å². The second kappa shape index (κ2) is 5.03. The molecule has 3 N–H and O–H groups in total. The summed E-state index contributed by atoms with van der Waals surface area (Å²) < 4.78 is 26.2. The SMILES string of the molecule is Cc1cc(C(=O)NCC(C)N)c(F)cc1F. The summed E-state index contributed by atoms with van der Waals surface area (Å²) >= 11 is 0. The van der Waals surface area contributed by atoms with E-state index in [9.17, 15) is 13.6 Å². The first-order valence-electron chi connectivity index (χ1n) is 4.91. The quantitative estimate of drug-likeness (QED) is 0.820. The second-order valence-corrected chi connectivity index (χ2v) is 3.77. The highest BCUT2D eigenvalue weighted by Crippen LogP contribution is 2.13. The average Bonchev–Trinajstić information content (AvgIpc) is 2.20. The van der Waals surface area contributed by atoms with E-state index in [1.807, 2.05) is 0 Å². The molecule has 5 heteroatoms. The molecule has 1 atom stereocenters. The number of rotatable bonds is 3. The molecule has 0 aliphatic carbocycles. The van der Waals surface area contributed by atoms with Crippen LogP contribution in [0.3, 0.4) is 0 Å². The van der Waals surface area contributed by atoms with E-state index in [2.05, 4.69) is 5.32 Å². The maximum atomic E-state index is 13.3. The molecule has 0 saturated heterocycles. The maximum absolute atomic E-state index is 13.3. The van der Waals surface area contributed by atoms with Gasteiger partial charge in [0, 0.05) is 18.7 Å². The van der Waals surface area contributed by atoms with E-state index >= 15 is 0 Å². The van der Waals surface area contributed by atoms with Gasteiger partial charge < -0.3 is 11.1 Å². The Balaban J connectivity index is 2.87. The monoisotopic (exact) mass is 228 g/mol. The van der Waals surface area contributed by atoms with E-state index in [1.165, 1.54) is 13.0 Å². The highest BCUT2D eigenvalue weighted by molar-refractivity contribution is 5.94. The Morgan fingerprint density at radius 1 is 1.44 bits per heavy atom. The van der Waals surface area contributed by atoms with Gasteiger partial charge in [0.25, 0.3) is 5.91 Å². The Morgan fingerprint density at radius 3 is 2.62 bits per heavy atom. The van der Waals surface area contributed by atoms with Gasteiger partial charge in [0.1, 0.15) is 11.6 Å². The molecule has 1 unspecified atom stereocenters. The maximum Gasteiger partial charge on any atom is 0.254 e. The normalized spacial score (nSPS) is 12.3. The van der Waals surface area contributed by atoms with Crippen molar-refractivity contribution in [2.45, 2.75) is 19.9 Å². The molecular formula is C11H14F2N2O. The molecule has 0 aliphatic rings. The lowest BCUT2D eigenvalue weighted by Crippen LogP contribution is -2.35. The number of amides is 1. The summed E-state index contributed by atoms with van der Waals surface area (Å²) in [5, 5.41) is 2.46. The zero-order valence-electron chi connectivity index (χ0n) is 9.18. The minimum Gasteiger partial charge on any atom is -0.350 e. The molecule has 0 aliphatic heterocycles. The molecule has 1 amide bonds. The van der Waals surface area contributed by atoms with Crippen molar-refractivity contribution in [3.8, 4) is 0 Å². The molecule has 0 heterocycles. The van der Waals surface area contributed by atoms with Gasteiger partial charge in [-0.2, -0.15) is 0 Å². The van der Waals surface area contributed by atoms with Gasteiger partial charge in [-0.25, -0.2) is 8.78 Å². The van der Waals surface area contributed by atoms with E-state index in [-0.39, 0.29) is 23.7 Å². The van der Waals surface area contributed by atoms with Crippen LogP contribution in [0.1, 0.15) is 22.8 Å². The van der Waals surface area contributed by atoms with Crippen molar-refractivity contribution in [1.29, 1.82) is 0 Å². The summed E-state index contributed by atoms with van der Waals surface area (Å²) in [7, 11) is 0. The lowest BCUT2D eigenvalue weighted by Gasteiger charge is -2.09. The van der Waals surface area contributed by atoms with Crippen LogP contribution < -0.4 is 11.1 Å². The average molecular weight is 228 g/mol. The molecule has 1 rings (SSSR count). The topological polar surface area (TPSA) is 55.1 Å². The summed E-state index contributed by atoms with van der Waals surface area (Å²) in [4.78, 5) is 11.5. The molecule has 88 valence electrons. The molecule has 0 fully saturated rings. The zero-order valence-corrected chi connectivity index (χ0v) is 9.18. The fraction of sp³-hybridized carbons (Fsp3) is 0.364. The van der Waals surface area contributed by atoms with Crippen molar-refractivity contribution < 1.29 is 13.6 Å². The number of benzene rings is 1. The zero-order chi connectivity index (χ0) is 12.3. The number of hydrogen-bond acceptors (Lipinski definition) is 2. The first-order chi connectivity index (χ1) is 7.41. The minimum atomic E-state index is -0.870. The molecule has 0 aromatic heterocycles. The number of nitrogens with two attached hydrogens (primary N) is 1. The Hall–Kier alpha value is -1.49. The van der Waals surface area contributed by atoms with Crippen molar-refractivity contribution in [3.63, 3.8) is 0 Å². The summed E-state index contributed by atoms with van der Waals surface area (Å²) in [5.41, 5.74) is 5.50. The molecule has 0 saturated carbocycles. The molecule has 0 bridgehead atoms. The number of hydrogen-bond donors (Lipinski definition) is 2. The van der Waals surface area contributed by atoms with E-state index in [0.29, 0.717) is 6.07 Å². The number of carbonyl (C=O) groups is 1. The summed E-state index contributed by atoms with van der Waals surface area (Å²) in [6, 6.07) is 1.67. The fourth-order valence-corrected chi connectivity index (χ4v) is 1.18. The third kappa shape index (κ3) is 3.00. The van der Waals surface area contributed by atoms with Gasteiger partial charge >= 0.3 is 0 Å². The predicted octanol–water partition coefficient (Wildman–Crippen LogP) is 1.35. The first kappa shape index (κ1) is 12.6. The summed E-state index contributed by atoms with van der Waals surface area (Å²) in [6.07, 6.45) is 0. The van der Waals surface area contributed by atoms with Crippen LogP contribution in [-0.2, 0) is 0 Å². The smallest absolute Gasteiger partial charge is 0.254 e. The molecule has 0 spiro atoms. The van der Waals surface area contributed by atoms with Gasteiger partial charge in [-0.05, 0) is 25.5 Å². The van der Waals surface area contributed by atoms with Crippen LogP contribution in [0.2, 0.25) is 0 Å². The molecule has 1 aromatic rings. The fourth-order valence-electron chi connectivity index (χ4n) is 1.18. The van der Waals surface area contributed by atoms with Crippen LogP contribution in [0.5, 0.6) is 0 Å². The second-order valence-electron chi connectivity index (χ2n) is 3.77. The van der Waals surface area contributed by atoms with E-state index < -0.39 is 17.5 Å². The van der Waals surface area contributed by atoms with Crippen LogP contribution in [-0.4, -0.2) is 18.5 Å². The van der Waals surface area contributed by atoms with E-state index in [0.717, 1.165) is 0 Å². The van der Waals surface area contributed by atoms with Gasteiger partial charge in [-0.15, -0.1) is 0 Å². The standard InChI is InChI=1S/C11H14F2N2O/c1-6-3-8(10(13)4-9(6)12)11(16)15-5-7(2)14/h3-4,7H,5,14H2,1-2H3,(H,15,16). The van der Waals surface area contributed by atoms with Crippen LogP contribution in [0.15, 0.2) is 12.1 Å². The summed E-state index contributed by atoms with van der Waals surface area (Å²) in [6.45, 7) is 3.43. The number of carbonyl (C=O) groups excluding carboxylic acids is 1. The first-order valence-corrected chi connectivity index (χ1v) is 4.91. The number of halogens is 2. The number of aryl methyl sites for hydroxylation is 1. The lowest BCUT2D eigenvalue weighted by atomic mass is 10.1. The van der Waals surface area contributed by atoms with Crippen LogP contribution >= 0.6 is 0 Å². The minimum absolute atomic E-state index is 0.167. The van der Waals surface area contributed by atoms with Crippen molar-refractivity contribution in [2.75, 3.05) is 6.54 Å². The Morgan fingerprint density at radius 2 is 2.06 bits per heavy atom. The van der Waals surface area contributed by atoms with E-state index in [1.54, 1.807) is 6.92 Å². The van der Waals surface area contributed by atoms with Gasteiger partial charge in [-0.3, -0.25) is 4.79 Å². The summed E-state index contributed by atoms with van der Waals surface area (Å²) in [5.74, 6) is -2.12. The van der Waals surface area contributed by atoms with Crippen LogP contribution in [0, 0.1) is 18.6 Å². The molecule has 16 heavy (non-hydrogen) atoms. The third-order valence-electron chi connectivity index (χ3n) is 2.08. The third-order valence-corrected chi connectivity index (χ3v) is 2.08.